The van der Waals surface area contributed by atoms with Crippen LogP contribution in [0.5, 0.6) is 0 Å². The molecule has 4 rings (SSSR count). The molecule has 2 saturated heterocycles. The zero-order valence-corrected chi connectivity index (χ0v) is 13.0. The summed E-state index contributed by atoms with van der Waals surface area (Å²) >= 11 is 1.98. The number of aliphatic hydroxyl groups is 1. The van der Waals surface area contributed by atoms with Crippen molar-refractivity contribution in [1.82, 2.24) is 0 Å². The van der Waals surface area contributed by atoms with E-state index in [1.54, 1.807) is 0 Å². The van der Waals surface area contributed by atoms with Crippen molar-refractivity contribution in [3.8, 4) is 0 Å². The number of aliphatic hydroxyl groups excluding tert-OH is 1. The Hall–Kier alpha value is -0.550. The van der Waals surface area contributed by atoms with Crippen LogP contribution in [0.15, 0.2) is 18.2 Å². The highest BCUT2D eigenvalue weighted by Gasteiger charge is 2.42. The highest BCUT2D eigenvalue weighted by atomic mass is 32.2. The third-order valence-electron chi connectivity index (χ3n) is 5.13. The Morgan fingerprint density at radius 3 is 3.05 bits per heavy atom. The Morgan fingerprint density at radius 1 is 1.29 bits per heavy atom. The van der Waals surface area contributed by atoms with Gasteiger partial charge in [-0.25, -0.2) is 0 Å². The Kier molecular flexibility index (Phi) is 3.74. The number of rotatable bonds is 2. The van der Waals surface area contributed by atoms with Gasteiger partial charge in [-0.15, -0.1) is 0 Å². The lowest BCUT2D eigenvalue weighted by Gasteiger charge is -2.39. The average molecular weight is 306 g/mol. The fourth-order valence-electron chi connectivity index (χ4n) is 3.85. The molecule has 0 radical (unpaired) electrons. The van der Waals surface area contributed by atoms with Gasteiger partial charge in [-0.2, -0.15) is 11.8 Å². The number of ether oxygens (including phenoxy) is 2. The van der Waals surface area contributed by atoms with Gasteiger partial charge >= 0.3 is 0 Å². The molecule has 21 heavy (non-hydrogen) atoms. The first-order chi connectivity index (χ1) is 10.3. The van der Waals surface area contributed by atoms with Gasteiger partial charge in [0.05, 0.1) is 24.9 Å². The number of hydrogen-bond acceptors (Lipinski definition) is 4. The van der Waals surface area contributed by atoms with Gasteiger partial charge < -0.3 is 14.6 Å². The van der Waals surface area contributed by atoms with Crippen LogP contribution >= 0.6 is 11.8 Å². The van der Waals surface area contributed by atoms with Crippen LogP contribution in [0.3, 0.4) is 0 Å². The smallest absolute Gasteiger partial charge is 0.0820 e. The van der Waals surface area contributed by atoms with Crippen LogP contribution in [-0.4, -0.2) is 28.8 Å². The van der Waals surface area contributed by atoms with Crippen molar-refractivity contribution >= 4 is 11.8 Å². The summed E-state index contributed by atoms with van der Waals surface area (Å²) in [5.41, 5.74) is 3.59. The maximum absolute atomic E-state index is 10.8. The van der Waals surface area contributed by atoms with Gasteiger partial charge in [0, 0.05) is 12.4 Å². The Labute approximate surface area is 130 Å². The van der Waals surface area contributed by atoms with E-state index in [1.807, 2.05) is 11.8 Å². The zero-order valence-electron chi connectivity index (χ0n) is 12.2. The van der Waals surface area contributed by atoms with Crippen LogP contribution in [0.1, 0.15) is 42.1 Å². The second kappa shape index (κ2) is 5.58. The summed E-state index contributed by atoms with van der Waals surface area (Å²) in [7, 11) is 0. The number of fused-ring (bicyclic) bond motifs is 1. The largest absolute Gasteiger partial charge is 0.388 e. The third kappa shape index (κ3) is 2.63. The van der Waals surface area contributed by atoms with Gasteiger partial charge in [-0.1, -0.05) is 18.2 Å². The predicted octanol–water partition coefficient (Wildman–Crippen LogP) is 3.05. The molecular weight excluding hydrogens is 284 g/mol. The molecule has 1 aromatic carbocycles. The molecule has 0 saturated carbocycles. The lowest BCUT2D eigenvalue weighted by atomic mass is 9.80. The minimum absolute atomic E-state index is 0.0361. The summed E-state index contributed by atoms with van der Waals surface area (Å²) in [6.07, 6.45) is 2.72. The van der Waals surface area contributed by atoms with Crippen molar-refractivity contribution in [2.24, 2.45) is 5.92 Å². The number of hydrogen-bond donors (Lipinski definition) is 1. The average Bonchev–Trinajstić information content (AvgIpc) is 3.15. The molecule has 3 unspecified atom stereocenters. The molecule has 3 aliphatic heterocycles. The van der Waals surface area contributed by atoms with E-state index in [0.717, 1.165) is 37.2 Å². The molecule has 3 aliphatic rings. The molecule has 1 aromatic rings. The molecule has 114 valence electrons. The fraction of sp³-hybridized carbons (Fsp3) is 0.647. The van der Waals surface area contributed by atoms with E-state index >= 15 is 0 Å². The highest BCUT2D eigenvalue weighted by Crippen LogP contribution is 2.44. The van der Waals surface area contributed by atoms with E-state index in [4.69, 9.17) is 9.47 Å². The predicted molar refractivity (Wildman–Crippen MR) is 83.2 cm³/mol. The van der Waals surface area contributed by atoms with Crippen LogP contribution in [0.25, 0.3) is 0 Å². The second-order valence-corrected chi connectivity index (χ2v) is 7.66. The van der Waals surface area contributed by atoms with Crippen molar-refractivity contribution in [1.29, 1.82) is 0 Å². The molecule has 0 amide bonds. The van der Waals surface area contributed by atoms with Crippen LogP contribution in [0, 0.1) is 5.92 Å². The van der Waals surface area contributed by atoms with Gasteiger partial charge in [0.25, 0.3) is 0 Å². The van der Waals surface area contributed by atoms with Crippen molar-refractivity contribution in [2.75, 3.05) is 18.1 Å². The lowest BCUT2D eigenvalue weighted by molar-refractivity contribution is -0.102. The molecule has 3 heterocycles. The van der Waals surface area contributed by atoms with Gasteiger partial charge in [0.1, 0.15) is 0 Å². The van der Waals surface area contributed by atoms with Gasteiger partial charge in [0.2, 0.25) is 0 Å². The quantitative estimate of drug-likeness (QED) is 0.911. The molecule has 0 aliphatic carbocycles. The SMILES string of the molecule is OC(c1ccc2c(c1)COC2)C1CCOC2(CCSC2)C1. The maximum Gasteiger partial charge on any atom is 0.0820 e. The highest BCUT2D eigenvalue weighted by molar-refractivity contribution is 7.99. The van der Waals surface area contributed by atoms with Crippen molar-refractivity contribution in [3.63, 3.8) is 0 Å². The Bertz CT molecular complexity index is 525. The Morgan fingerprint density at radius 2 is 2.19 bits per heavy atom. The van der Waals surface area contributed by atoms with Crippen LogP contribution in [0.4, 0.5) is 0 Å². The molecule has 0 aromatic heterocycles. The Balaban J connectivity index is 1.52. The zero-order chi connectivity index (χ0) is 14.3. The topological polar surface area (TPSA) is 38.7 Å². The first-order valence-electron chi connectivity index (χ1n) is 7.85. The van der Waals surface area contributed by atoms with E-state index in [1.165, 1.54) is 16.9 Å². The molecular formula is C17H22O3S. The summed E-state index contributed by atoms with van der Waals surface area (Å²) in [5.74, 6) is 2.60. The molecule has 1 spiro atoms. The molecule has 0 bridgehead atoms. The standard InChI is InChI=1S/C17H22O3S/c18-16(12-1-2-14-9-19-10-15(14)7-12)13-3-5-20-17(8-13)4-6-21-11-17/h1-2,7,13,16,18H,3-6,8-11H2. The first kappa shape index (κ1) is 14.1. The molecule has 1 N–H and O–H groups in total. The fourth-order valence-corrected chi connectivity index (χ4v) is 5.22. The van der Waals surface area contributed by atoms with Crippen LogP contribution < -0.4 is 0 Å². The van der Waals surface area contributed by atoms with Gasteiger partial charge in [-0.3, -0.25) is 0 Å². The van der Waals surface area contributed by atoms with E-state index in [-0.39, 0.29) is 11.7 Å². The molecule has 4 heteroatoms. The normalized spacial score (nSPS) is 33.3. The molecule has 3 atom stereocenters. The molecule has 3 nitrogen and oxygen atoms in total. The number of benzene rings is 1. The lowest BCUT2D eigenvalue weighted by Crippen LogP contribution is -2.41. The van der Waals surface area contributed by atoms with E-state index in [0.29, 0.717) is 19.1 Å². The second-order valence-electron chi connectivity index (χ2n) is 6.55. The number of thioether (sulfide) groups is 1. The summed E-state index contributed by atoms with van der Waals surface area (Å²) in [4.78, 5) is 0. The minimum Gasteiger partial charge on any atom is -0.388 e. The molecule has 2 fully saturated rings. The summed E-state index contributed by atoms with van der Waals surface area (Å²) < 4.78 is 11.5. The monoisotopic (exact) mass is 306 g/mol. The minimum atomic E-state index is -0.373. The third-order valence-corrected chi connectivity index (χ3v) is 6.35. The first-order valence-corrected chi connectivity index (χ1v) is 9.00. The van der Waals surface area contributed by atoms with E-state index < -0.39 is 0 Å². The summed E-state index contributed by atoms with van der Waals surface area (Å²) in [6.45, 7) is 2.18. The van der Waals surface area contributed by atoms with E-state index in [9.17, 15) is 5.11 Å². The summed E-state index contributed by atoms with van der Waals surface area (Å²) in [6, 6.07) is 6.32. The van der Waals surface area contributed by atoms with Crippen molar-refractivity contribution in [2.45, 2.75) is 44.2 Å². The van der Waals surface area contributed by atoms with Crippen molar-refractivity contribution < 1.29 is 14.6 Å². The van der Waals surface area contributed by atoms with Gasteiger partial charge in [-0.05, 0) is 47.6 Å². The van der Waals surface area contributed by atoms with Crippen LogP contribution in [-0.2, 0) is 22.7 Å². The maximum atomic E-state index is 10.8. The van der Waals surface area contributed by atoms with E-state index in [2.05, 4.69) is 18.2 Å². The summed E-state index contributed by atoms with van der Waals surface area (Å²) in [5, 5.41) is 10.8. The van der Waals surface area contributed by atoms with Crippen LogP contribution in [0.2, 0.25) is 0 Å². The van der Waals surface area contributed by atoms with Gasteiger partial charge in [0.15, 0.2) is 0 Å². The van der Waals surface area contributed by atoms with Crippen molar-refractivity contribution in [3.05, 3.63) is 34.9 Å².